The van der Waals surface area contributed by atoms with E-state index in [1.807, 2.05) is 12.1 Å². The summed E-state index contributed by atoms with van der Waals surface area (Å²) >= 11 is 12.3. The Morgan fingerprint density at radius 3 is 1.52 bits per heavy atom. The SMILES string of the molecule is C=CC(=O)c1ccc(Cc2ccc(C(=O)C=C)c(Cl)c2)cc1Cl. The van der Waals surface area contributed by atoms with Crippen LogP contribution in [0.25, 0.3) is 0 Å². The first-order valence-corrected chi connectivity index (χ1v) is 7.62. The molecule has 0 bridgehead atoms. The monoisotopic (exact) mass is 344 g/mol. The largest absolute Gasteiger partial charge is 0.289 e. The lowest BCUT2D eigenvalue weighted by Gasteiger charge is -2.07. The maximum absolute atomic E-state index is 11.6. The van der Waals surface area contributed by atoms with Gasteiger partial charge in [-0.15, -0.1) is 0 Å². The van der Waals surface area contributed by atoms with Crippen LogP contribution >= 0.6 is 23.2 Å². The van der Waals surface area contributed by atoms with E-state index in [4.69, 9.17) is 23.2 Å². The van der Waals surface area contributed by atoms with E-state index in [1.165, 1.54) is 12.2 Å². The molecule has 0 aliphatic rings. The first-order chi connectivity index (χ1) is 11.0. The van der Waals surface area contributed by atoms with E-state index < -0.39 is 0 Å². The van der Waals surface area contributed by atoms with Crippen molar-refractivity contribution in [2.45, 2.75) is 6.42 Å². The molecule has 0 heterocycles. The summed E-state index contributed by atoms with van der Waals surface area (Å²) in [6, 6.07) is 10.5. The summed E-state index contributed by atoms with van der Waals surface area (Å²) in [7, 11) is 0. The van der Waals surface area contributed by atoms with Crippen LogP contribution in [-0.4, -0.2) is 11.6 Å². The highest BCUT2D eigenvalue weighted by Gasteiger charge is 2.10. The number of benzene rings is 2. The van der Waals surface area contributed by atoms with Gasteiger partial charge in [0.2, 0.25) is 0 Å². The smallest absolute Gasteiger partial charge is 0.186 e. The van der Waals surface area contributed by atoms with Gasteiger partial charge >= 0.3 is 0 Å². The van der Waals surface area contributed by atoms with Crippen molar-refractivity contribution in [2.24, 2.45) is 0 Å². The minimum atomic E-state index is -0.211. The Balaban J connectivity index is 2.26. The number of carbonyl (C=O) groups is 2. The lowest BCUT2D eigenvalue weighted by atomic mass is 10.0. The van der Waals surface area contributed by atoms with E-state index in [1.54, 1.807) is 24.3 Å². The Morgan fingerprint density at radius 1 is 0.826 bits per heavy atom. The van der Waals surface area contributed by atoms with Gasteiger partial charge in [0.05, 0.1) is 10.0 Å². The van der Waals surface area contributed by atoms with Crippen molar-refractivity contribution in [1.29, 1.82) is 0 Å². The fraction of sp³-hybridized carbons (Fsp3) is 0.0526. The molecule has 2 nitrogen and oxygen atoms in total. The molecule has 2 aromatic rings. The second-order valence-electron chi connectivity index (χ2n) is 4.94. The van der Waals surface area contributed by atoms with E-state index >= 15 is 0 Å². The number of halogens is 2. The van der Waals surface area contributed by atoms with Gasteiger partial charge in [-0.2, -0.15) is 0 Å². The highest BCUT2D eigenvalue weighted by atomic mass is 35.5. The molecular formula is C19H14Cl2O2. The number of hydrogen-bond donors (Lipinski definition) is 0. The summed E-state index contributed by atoms with van der Waals surface area (Å²) < 4.78 is 0. The van der Waals surface area contributed by atoms with E-state index in [-0.39, 0.29) is 11.6 Å². The van der Waals surface area contributed by atoms with Gasteiger partial charge in [-0.1, -0.05) is 48.5 Å². The van der Waals surface area contributed by atoms with Gasteiger partial charge in [-0.05, 0) is 54.0 Å². The normalized spacial score (nSPS) is 10.2. The number of hydrogen-bond acceptors (Lipinski definition) is 2. The van der Waals surface area contributed by atoms with Crippen LogP contribution in [0.15, 0.2) is 61.7 Å². The molecule has 0 amide bonds. The first-order valence-electron chi connectivity index (χ1n) is 6.86. The lowest BCUT2D eigenvalue weighted by Crippen LogP contribution is -1.98. The molecule has 0 spiro atoms. The van der Waals surface area contributed by atoms with Gasteiger partial charge in [0.1, 0.15) is 0 Å². The Bertz CT molecular complexity index is 740. The average Bonchev–Trinajstić information content (AvgIpc) is 2.54. The van der Waals surface area contributed by atoms with Crippen molar-refractivity contribution >= 4 is 34.8 Å². The van der Waals surface area contributed by atoms with Crippen molar-refractivity contribution in [2.75, 3.05) is 0 Å². The molecule has 0 aliphatic carbocycles. The van der Waals surface area contributed by atoms with Crippen LogP contribution in [0, 0.1) is 0 Å². The molecule has 2 rings (SSSR count). The molecule has 0 N–H and O–H groups in total. The fourth-order valence-electron chi connectivity index (χ4n) is 2.19. The summed E-state index contributed by atoms with van der Waals surface area (Å²) in [5, 5.41) is 0.772. The molecule has 0 unspecified atom stereocenters. The molecule has 116 valence electrons. The molecule has 0 saturated heterocycles. The second kappa shape index (κ2) is 7.40. The predicted molar refractivity (Wildman–Crippen MR) is 94.8 cm³/mol. The fourth-order valence-corrected chi connectivity index (χ4v) is 2.78. The zero-order chi connectivity index (χ0) is 17.0. The zero-order valence-corrected chi connectivity index (χ0v) is 13.8. The maximum Gasteiger partial charge on any atom is 0.186 e. The quantitative estimate of drug-likeness (QED) is 0.524. The third-order valence-corrected chi connectivity index (χ3v) is 4.00. The van der Waals surface area contributed by atoms with Crippen LogP contribution in [-0.2, 0) is 6.42 Å². The van der Waals surface area contributed by atoms with Crippen molar-refractivity contribution in [1.82, 2.24) is 0 Å². The molecule has 0 fully saturated rings. The highest BCUT2D eigenvalue weighted by Crippen LogP contribution is 2.23. The molecular weight excluding hydrogens is 331 g/mol. The minimum absolute atomic E-state index is 0.211. The highest BCUT2D eigenvalue weighted by molar-refractivity contribution is 6.35. The Kier molecular flexibility index (Phi) is 5.54. The van der Waals surface area contributed by atoms with Crippen molar-refractivity contribution in [3.8, 4) is 0 Å². The van der Waals surface area contributed by atoms with Crippen LogP contribution in [0.3, 0.4) is 0 Å². The topological polar surface area (TPSA) is 34.1 Å². The van der Waals surface area contributed by atoms with Gasteiger partial charge in [0.15, 0.2) is 11.6 Å². The minimum Gasteiger partial charge on any atom is -0.289 e. The first kappa shape index (κ1) is 17.2. The number of rotatable bonds is 6. The van der Waals surface area contributed by atoms with Crippen LogP contribution in [0.1, 0.15) is 31.8 Å². The average molecular weight is 345 g/mol. The molecule has 2 aromatic carbocycles. The van der Waals surface area contributed by atoms with Crippen LogP contribution in [0.5, 0.6) is 0 Å². The van der Waals surface area contributed by atoms with Gasteiger partial charge in [0, 0.05) is 11.1 Å². The van der Waals surface area contributed by atoms with Gasteiger partial charge < -0.3 is 0 Å². The molecule has 4 heteroatoms. The summed E-state index contributed by atoms with van der Waals surface area (Å²) in [5.41, 5.74) is 2.73. The van der Waals surface area contributed by atoms with E-state index in [0.717, 1.165) is 11.1 Å². The summed E-state index contributed by atoms with van der Waals surface area (Å²) in [6.45, 7) is 6.90. The lowest BCUT2D eigenvalue weighted by molar-refractivity contribution is 0.103. The van der Waals surface area contributed by atoms with Crippen LogP contribution in [0.2, 0.25) is 10.0 Å². The van der Waals surface area contributed by atoms with E-state index in [2.05, 4.69) is 13.2 Å². The van der Waals surface area contributed by atoms with Gasteiger partial charge in [-0.3, -0.25) is 9.59 Å². The van der Waals surface area contributed by atoms with E-state index in [0.29, 0.717) is 27.6 Å². The zero-order valence-electron chi connectivity index (χ0n) is 12.3. The standard InChI is InChI=1S/C19H14Cl2O2/c1-3-18(22)14-7-5-12(10-16(14)20)9-13-6-8-15(17(21)11-13)19(23)4-2/h3-8,10-11H,1-2,9H2. The molecule has 23 heavy (non-hydrogen) atoms. The Hall–Kier alpha value is -2.16. The molecule has 0 atom stereocenters. The second-order valence-corrected chi connectivity index (χ2v) is 5.76. The van der Waals surface area contributed by atoms with Crippen LogP contribution < -0.4 is 0 Å². The summed E-state index contributed by atoms with van der Waals surface area (Å²) in [4.78, 5) is 23.2. The third-order valence-electron chi connectivity index (χ3n) is 3.38. The number of carbonyl (C=O) groups excluding carboxylic acids is 2. The number of allylic oxidation sites excluding steroid dienone is 2. The van der Waals surface area contributed by atoms with Crippen molar-refractivity contribution < 1.29 is 9.59 Å². The maximum atomic E-state index is 11.6. The Labute approximate surface area is 145 Å². The molecule has 0 aromatic heterocycles. The molecule has 0 radical (unpaired) electrons. The molecule has 0 saturated carbocycles. The Morgan fingerprint density at radius 2 is 1.22 bits per heavy atom. The third kappa shape index (κ3) is 3.98. The van der Waals surface area contributed by atoms with Crippen molar-refractivity contribution in [3.05, 3.63) is 94.0 Å². The van der Waals surface area contributed by atoms with Crippen LogP contribution in [0.4, 0.5) is 0 Å². The number of ketones is 2. The van der Waals surface area contributed by atoms with E-state index in [9.17, 15) is 9.59 Å². The van der Waals surface area contributed by atoms with Gasteiger partial charge in [-0.25, -0.2) is 0 Å². The van der Waals surface area contributed by atoms with Gasteiger partial charge in [0.25, 0.3) is 0 Å². The summed E-state index contributed by atoms with van der Waals surface area (Å²) in [5.74, 6) is -0.422. The predicted octanol–water partition coefficient (Wildman–Crippen LogP) is 5.32. The molecule has 0 aliphatic heterocycles. The van der Waals surface area contributed by atoms with Crippen molar-refractivity contribution in [3.63, 3.8) is 0 Å². The summed E-state index contributed by atoms with van der Waals surface area (Å²) in [6.07, 6.45) is 3.05.